The topological polar surface area (TPSA) is 106 Å². The van der Waals surface area contributed by atoms with E-state index in [1.165, 1.54) is 6.33 Å². The van der Waals surface area contributed by atoms with Crippen LogP contribution in [0.15, 0.2) is 52.2 Å². The van der Waals surface area contributed by atoms with E-state index in [1.54, 1.807) is 28.2 Å². The van der Waals surface area contributed by atoms with Gasteiger partial charge in [-0.1, -0.05) is 6.07 Å². The number of amides is 1. The fourth-order valence-electron chi connectivity index (χ4n) is 3.04. The summed E-state index contributed by atoms with van der Waals surface area (Å²) >= 11 is 1.55. The highest BCUT2D eigenvalue weighted by Gasteiger charge is 2.20. The lowest BCUT2D eigenvalue weighted by molar-refractivity contribution is -0.116. The van der Waals surface area contributed by atoms with Crippen LogP contribution in [0.2, 0.25) is 0 Å². The number of hydrogen-bond acceptors (Lipinski definition) is 6. The zero-order valence-electron chi connectivity index (χ0n) is 14.4. The van der Waals surface area contributed by atoms with Gasteiger partial charge in [0, 0.05) is 17.1 Å². The number of rotatable bonds is 5. The van der Waals surface area contributed by atoms with Gasteiger partial charge in [0.15, 0.2) is 0 Å². The monoisotopic (exact) mass is 380 g/mol. The van der Waals surface area contributed by atoms with E-state index in [0.717, 1.165) is 16.5 Å². The maximum Gasteiger partial charge on any atom is 0.248 e. The number of tetrazole rings is 1. The number of aryl methyl sites for hydroxylation is 1. The third-order valence-electron chi connectivity index (χ3n) is 4.32. The fraction of sp³-hybridized carbons (Fsp3) is 0.167. The van der Waals surface area contributed by atoms with E-state index >= 15 is 0 Å². The first-order chi connectivity index (χ1) is 13.1. The van der Waals surface area contributed by atoms with Crippen LogP contribution in [0.1, 0.15) is 23.6 Å². The maximum absolute atomic E-state index is 12.6. The fourth-order valence-corrected chi connectivity index (χ4v) is 3.75. The minimum Gasteiger partial charge on any atom is -0.326 e. The number of aromatic amines is 1. The van der Waals surface area contributed by atoms with Crippen molar-refractivity contribution in [3.63, 3.8) is 0 Å². The molecule has 136 valence electrons. The molecule has 0 spiro atoms. The Morgan fingerprint density at radius 2 is 2.22 bits per heavy atom. The lowest BCUT2D eigenvalue weighted by Crippen LogP contribution is -2.20. The lowest BCUT2D eigenvalue weighted by atomic mass is 10.1. The predicted octanol–water partition coefficient (Wildman–Crippen LogP) is 2.50. The van der Waals surface area contributed by atoms with Crippen molar-refractivity contribution in [2.45, 2.75) is 19.4 Å². The summed E-state index contributed by atoms with van der Waals surface area (Å²) < 4.78 is 1.57. The molecule has 1 atom stereocenters. The number of pyridine rings is 1. The van der Waals surface area contributed by atoms with Crippen molar-refractivity contribution in [1.29, 1.82) is 0 Å². The van der Waals surface area contributed by atoms with Crippen molar-refractivity contribution in [3.8, 4) is 0 Å². The number of carbonyl (C=O) groups excluding carboxylic acids is 1. The molecular formula is C18H16N6O2S. The van der Waals surface area contributed by atoms with E-state index in [4.69, 9.17) is 0 Å². The number of thiophene rings is 1. The second kappa shape index (κ2) is 7.12. The van der Waals surface area contributed by atoms with Gasteiger partial charge in [0.05, 0.1) is 18.0 Å². The van der Waals surface area contributed by atoms with Gasteiger partial charge in [-0.05, 0) is 57.4 Å². The van der Waals surface area contributed by atoms with Gasteiger partial charge < -0.3 is 10.3 Å². The molecule has 0 radical (unpaired) electrons. The number of H-pyrrole nitrogens is 1. The van der Waals surface area contributed by atoms with Crippen LogP contribution in [0.5, 0.6) is 0 Å². The molecule has 3 aromatic heterocycles. The summed E-state index contributed by atoms with van der Waals surface area (Å²) in [6.07, 6.45) is 1.68. The molecule has 0 aliphatic carbocycles. The molecule has 3 heterocycles. The average Bonchev–Trinajstić information content (AvgIpc) is 3.33. The summed E-state index contributed by atoms with van der Waals surface area (Å²) in [6.45, 7) is 1.88. The molecule has 2 N–H and O–H groups in total. The molecular weight excluding hydrogens is 364 g/mol. The molecule has 4 aromatic rings. The van der Waals surface area contributed by atoms with Crippen molar-refractivity contribution in [2.24, 2.45) is 0 Å². The van der Waals surface area contributed by atoms with E-state index in [2.05, 4.69) is 25.8 Å². The predicted molar refractivity (Wildman–Crippen MR) is 103 cm³/mol. The second-order valence-electron chi connectivity index (χ2n) is 6.19. The summed E-state index contributed by atoms with van der Waals surface area (Å²) in [4.78, 5) is 27.1. The Balaban J connectivity index is 1.56. The number of aromatic nitrogens is 5. The van der Waals surface area contributed by atoms with Crippen molar-refractivity contribution in [3.05, 3.63) is 68.9 Å². The first-order valence-electron chi connectivity index (χ1n) is 8.28. The van der Waals surface area contributed by atoms with Gasteiger partial charge in [-0.3, -0.25) is 9.59 Å². The molecule has 1 aromatic carbocycles. The van der Waals surface area contributed by atoms with Gasteiger partial charge in [0.25, 0.3) is 0 Å². The van der Waals surface area contributed by atoms with Crippen LogP contribution >= 0.6 is 11.3 Å². The highest BCUT2D eigenvalue weighted by atomic mass is 32.1. The normalized spacial score (nSPS) is 12.2. The number of hydrogen-bond donors (Lipinski definition) is 2. The molecule has 0 fully saturated rings. The van der Waals surface area contributed by atoms with Crippen LogP contribution in [-0.4, -0.2) is 31.1 Å². The zero-order chi connectivity index (χ0) is 18.8. The molecule has 27 heavy (non-hydrogen) atoms. The number of benzene rings is 1. The maximum atomic E-state index is 12.6. The van der Waals surface area contributed by atoms with Gasteiger partial charge in [0.1, 0.15) is 6.33 Å². The minimum atomic E-state index is -0.284. The Labute approximate surface area is 157 Å². The summed E-state index contributed by atoms with van der Waals surface area (Å²) in [5.41, 5.74) is 3.01. The number of anilines is 1. The second-order valence-corrected chi connectivity index (χ2v) is 6.97. The third-order valence-corrected chi connectivity index (χ3v) is 5.03. The molecule has 0 aliphatic rings. The summed E-state index contributed by atoms with van der Waals surface area (Å²) in [5.74, 6) is -0.170. The van der Waals surface area contributed by atoms with Crippen molar-refractivity contribution < 1.29 is 4.79 Å². The van der Waals surface area contributed by atoms with Crippen molar-refractivity contribution in [2.75, 3.05) is 5.32 Å². The van der Waals surface area contributed by atoms with Gasteiger partial charge in [-0.15, -0.1) is 5.10 Å². The highest BCUT2D eigenvalue weighted by molar-refractivity contribution is 7.08. The Hall–Kier alpha value is -3.33. The van der Waals surface area contributed by atoms with Crippen LogP contribution in [-0.2, 0) is 4.79 Å². The molecule has 0 aliphatic heterocycles. The molecule has 0 unspecified atom stereocenters. The van der Waals surface area contributed by atoms with Crippen LogP contribution in [0, 0.1) is 6.92 Å². The molecule has 0 bridgehead atoms. The number of carbonyl (C=O) groups is 1. The average molecular weight is 380 g/mol. The molecule has 4 rings (SSSR count). The van der Waals surface area contributed by atoms with E-state index in [1.807, 2.05) is 35.9 Å². The lowest BCUT2D eigenvalue weighted by Gasteiger charge is -2.15. The smallest absolute Gasteiger partial charge is 0.248 e. The van der Waals surface area contributed by atoms with Gasteiger partial charge in [0.2, 0.25) is 11.5 Å². The van der Waals surface area contributed by atoms with Crippen LogP contribution in [0.25, 0.3) is 10.9 Å². The Morgan fingerprint density at radius 1 is 1.33 bits per heavy atom. The molecule has 0 saturated heterocycles. The van der Waals surface area contributed by atoms with Gasteiger partial charge in [-0.25, -0.2) is 4.68 Å². The standard InChI is InChI=1S/C18H16N6O2S/c1-11-6-17(25)21-15-7-13(2-3-14(11)15)20-18(26)8-16(12-4-5-27-9-12)24-10-19-22-23-24/h2-7,9-10,16H,8H2,1H3,(H,20,26)(H,21,25)/t16-/m0/s1. The molecule has 0 saturated carbocycles. The summed E-state index contributed by atoms with van der Waals surface area (Å²) in [6, 6.07) is 8.69. The van der Waals surface area contributed by atoms with E-state index in [0.29, 0.717) is 11.2 Å². The Morgan fingerprint density at radius 3 is 2.96 bits per heavy atom. The number of nitrogens with one attached hydrogen (secondary N) is 2. The van der Waals surface area contributed by atoms with E-state index < -0.39 is 0 Å². The highest BCUT2D eigenvalue weighted by Crippen LogP contribution is 2.24. The number of nitrogens with zero attached hydrogens (tertiary/aromatic N) is 4. The van der Waals surface area contributed by atoms with E-state index in [-0.39, 0.29) is 23.9 Å². The molecule has 8 nitrogen and oxygen atoms in total. The first kappa shape index (κ1) is 17.1. The molecule has 9 heteroatoms. The van der Waals surface area contributed by atoms with Crippen molar-refractivity contribution in [1.82, 2.24) is 25.2 Å². The Kier molecular flexibility index (Phi) is 4.51. The summed E-state index contributed by atoms with van der Waals surface area (Å²) in [7, 11) is 0. The van der Waals surface area contributed by atoms with Gasteiger partial charge in [-0.2, -0.15) is 11.3 Å². The van der Waals surface area contributed by atoms with Crippen molar-refractivity contribution >= 4 is 33.8 Å². The van der Waals surface area contributed by atoms with Gasteiger partial charge >= 0.3 is 0 Å². The van der Waals surface area contributed by atoms with E-state index in [9.17, 15) is 9.59 Å². The quantitative estimate of drug-likeness (QED) is 0.553. The largest absolute Gasteiger partial charge is 0.326 e. The SMILES string of the molecule is Cc1cc(=O)[nH]c2cc(NC(=O)C[C@@H](c3ccsc3)n3cnnn3)ccc12. The minimum absolute atomic E-state index is 0.167. The van der Waals surface area contributed by atoms with Crippen LogP contribution in [0.4, 0.5) is 5.69 Å². The Bertz CT molecular complexity index is 1100. The summed E-state index contributed by atoms with van der Waals surface area (Å²) in [5, 5.41) is 19.0. The zero-order valence-corrected chi connectivity index (χ0v) is 15.2. The third kappa shape index (κ3) is 3.63. The number of fused-ring (bicyclic) bond motifs is 1. The van der Waals surface area contributed by atoms with Crippen LogP contribution < -0.4 is 10.9 Å². The first-order valence-corrected chi connectivity index (χ1v) is 9.22. The molecule has 1 amide bonds. The van der Waals surface area contributed by atoms with Crippen LogP contribution in [0.3, 0.4) is 0 Å².